The van der Waals surface area contributed by atoms with E-state index < -0.39 is 11.8 Å². The van der Waals surface area contributed by atoms with Gasteiger partial charge in [0.15, 0.2) is 0 Å². The van der Waals surface area contributed by atoms with Crippen LogP contribution in [0.3, 0.4) is 0 Å². The number of nitrogens with one attached hydrogen (secondary N) is 2. The summed E-state index contributed by atoms with van der Waals surface area (Å²) in [6, 6.07) is 8.80. The molecule has 6 nitrogen and oxygen atoms in total. The van der Waals surface area contributed by atoms with E-state index in [1.165, 1.54) is 30.5 Å². The standard InChI is InChI=1S/C13H10ClN3O3/c14-11-7-8(5-6-15-11)12(19)16-17-13(20)9-3-1-2-4-10(9)18/h1-7,18H,(H,16,19)(H,17,20). The molecule has 20 heavy (non-hydrogen) atoms. The smallest absolute Gasteiger partial charge is 0.273 e. The van der Waals surface area contributed by atoms with Crippen LogP contribution in [0.25, 0.3) is 0 Å². The van der Waals surface area contributed by atoms with Crippen LogP contribution in [0.2, 0.25) is 5.15 Å². The number of rotatable bonds is 2. The maximum absolute atomic E-state index is 11.7. The number of para-hydroxylation sites is 1. The predicted molar refractivity (Wildman–Crippen MR) is 72.3 cm³/mol. The molecule has 3 N–H and O–H groups in total. The van der Waals surface area contributed by atoms with E-state index in [-0.39, 0.29) is 22.0 Å². The first-order valence-electron chi connectivity index (χ1n) is 5.58. The van der Waals surface area contributed by atoms with Crippen molar-refractivity contribution in [1.82, 2.24) is 15.8 Å². The van der Waals surface area contributed by atoms with Crippen molar-refractivity contribution in [3.05, 3.63) is 58.9 Å². The van der Waals surface area contributed by atoms with Gasteiger partial charge in [-0.3, -0.25) is 20.4 Å². The van der Waals surface area contributed by atoms with Crippen molar-refractivity contribution in [2.75, 3.05) is 0 Å². The molecule has 0 unspecified atom stereocenters. The molecule has 7 heteroatoms. The van der Waals surface area contributed by atoms with Crippen LogP contribution in [-0.4, -0.2) is 21.9 Å². The molecule has 1 heterocycles. The van der Waals surface area contributed by atoms with Gasteiger partial charge in [-0.15, -0.1) is 0 Å². The summed E-state index contributed by atoms with van der Waals surface area (Å²) in [4.78, 5) is 27.2. The number of amides is 2. The van der Waals surface area contributed by atoms with Crippen LogP contribution in [-0.2, 0) is 0 Å². The number of aromatic nitrogens is 1. The molecule has 0 fully saturated rings. The predicted octanol–water partition coefficient (Wildman–Crippen LogP) is 1.52. The largest absolute Gasteiger partial charge is 0.507 e. The minimum atomic E-state index is -0.628. The van der Waals surface area contributed by atoms with E-state index in [1.807, 2.05) is 0 Å². The van der Waals surface area contributed by atoms with Gasteiger partial charge in [0.05, 0.1) is 5.56 Å². The van der Waals surface area contributed by atoms with Crippen LogP contribution in [0.15, 0.2) is 42.6 Å². The summed E-state index contributed by atoms with van der Waals surface area (Å²) in [6.45, 7) is 0. The summed E-state index contributed by atoms with van der Waals surface area (Å²) >= 11 is 5.66. The fraction of sp³-hybridized carbons (Fsp3) is 0. The summed E-state index contributed by atoms with van der Waals surface area (Å²) in [6.07, 6.45) is 1.38. The third-order valence-electron chi connectivity index (χ3n) is 2.43. The lowest BCUT2D eigenvalue weighted by Gasteiger charge is -2.08. The van der Waals surface area contributed by atoms with E-state index >= 15 is 0 Å². The summed E-state index contributed by atoms with van der Waals surface area (Å²) in [7, 11) is 0. The van der Waals surface area contributed by atoms with Gasteiger partial charge in [0.25, 0.3) is 11.8 Å². The molecular formula is C13H10ClN3O3. The first-order chi connectivity index (χ1) is 9.58. The Kier molecular flexibility index (Phi) is 4.17. The molecule has 0 saturated heterocycles. The van der Waals surface area contributed by atoms with E-state index in [0.29, 0.717) is 0 Å². The number of aromatic hydroxyl groups is 1. The van der Waals surface area contributed by atoms with Crippen LogP contribution in [0.4, 0.5) is 0 Å². The number of phenolic OH excluding ortho intramolecular Hbond substituents is 1. The summed E-state index contributed by atoms with van der Waals surface area (Å²) in [5.74, 6) is -1.35. The lowest BCUT2D eigenvalue weighted by molar-refractivity contribution is 0.0845. The van der Waals surface area contributed by atoms with E-state index in [0.717, 1.165) is 0 Å². The molecule has 1 aromatic heterocycles. The minimum Gasteiger partial charge on any atom is -0.507 e. The topological polar surface area (TPSA) is 91.3 Å². The van der Waals surface area contributed by atoms with Crippen LogP contribution in [0, 0.1) is 0 Å². The molecule has 0 aliphatic carbocycles. The number of phenols is 1. The normalized spacial score (nSPS) is 9.85. The zero-order valence-electron chi connectivity index (χ0n) is 10.1. The molecule has 102 valence electrons. The average molecular weight is 292 g/mol. The van der Waals surface area contributed by atoms with Crippen molar-refractivity contribution < 1.29 is 14.7 Å². The fourth-order valence-corrected chi connectivity index (χ4v) is 1.64. The molecular weight excluding hydrogens is 282 g/mol. The van der Waals surface area contributed by atoms with Gasteiger partial charge in [-0.25, -0.2) is 4.98 Å². The van der Waals surface area contributed by atoms with Gasteiger partial charge in [-0.2, -0.15) is 0 Å². The van der Waals surface area contributed by atoms with Gasteiger partial charge in [0, 0.05) is 11.8 Å². The van der Waals surface area contributed by atoms with E-state index in [2.05, 4.69) is 15.8 Å². The Morgan fingerprint density at radius 1 is 1.10 bits per heavy atom. The molecule has 0 saturated carbocycles. The maximum atomic E-state index is 11.7. The molecule has 2 amide bonds. The van der Waals surface area contributed by atoms with Gasteiger partial charge in [0.1, 0.15) is 10.9 Å². The molecule has 2 aromatic rings. The average Bonchev–Trinajstić information content (AvgIpc) is 2.45. The Bertz CT molecular complexity index is 661. The number of hydrogen-bond acceptors (Lipinski definition) is 4. The first kappa shape index (κ1) is 13.8. The second kappa shape index (κ2) is 6.03. The van der Waals surface area contributed by atoms with E-state index in [1.54, 1.807) is 12.1 Å². The Balaban J connectivity index is 2.01. The highest BCUT2D eigenvalue weighted by atomic mass is 35.5. The third-order valence-corrected chi connectivity index (χ3v) is 2.63. The number of benzene rings is 1. The first-order valence-corrected chi connectivity index (χ1v) is 5.96. The Labute approximate surface area is 119 Å². The lowest BCUT2D eigenvalue weighted by Crippen LogP contribution is -2.41. The third kappa shape index (κ3) is 3.24. The highest BCUT2D eigenvalue weighted by molar-refractivity contribution is 6.29. The molecule has 0 radical (unpaired) electrons. The molecule has 0 aliphatic rings. The van der Waals surface area contributed by atoms with Gasteiger partial charge in [-0.1, -0.05) is 23.7 Å². The molecule has 1 aromatic carbocycles. The maximum Gasteiger partial charge on any atom is 0.273 e. The number of hydrazine groups is 1. The van der Waals surface area contributed by atoms with Crippen molar-refractivity contribution in [3.63, 3.8) is 0 Å². The SMILES string of the molecule is O=C(NNC(=O)c1ccccc1O)c1ccnc(Cl)c1. The fourth-order valence-electron chi connectivity index (χ4n) is 1.46. The number of halogens is 1. The second-order valence-corrected chi connectivity index (χ2v) is 4.18. The Hall–Kier alpha value is -2.60. The van der Waals surface area contributed by atoms with Gasteiger partial charge < -0.3 is 5.11 Å². The summed E-state index contributed by atoms with van der Waals surface area (Å²) < 4.78 is 0. The van der Waals surface area contributed by atoms with Crippen molar-refractivity contribution in [2.24, 2.45) is 0 Å². The van der Waals surface area contributed by atoms with Crippen molar-refractivity contribution in [3.8, 4) is 5.75 Å². The summed E-state index contributed by atoms with van der Waals surface area (Å²) in [5, 5.41) is 9.67. The van der Waals surface area contributed by atoms with E-state index in [9.17, 15) is 14.7 Å². The van der Waals surface area contributed by atoms with Gasteiger partial charge in [0.2, 0.25) is 0 Å². The highest BCUT2D eigenvalue weighted by Gasteiger charge is 2.12. The Morgan fingerprint density at radius 2 is 1.80 bits per heavy atom. The van der Waals surface area contributed by atoms with Crippen molar-refractivity contribution >= 4 is 23.4 Å². The monoisotopic (exact) mass is 291 g/mol. The molecule has 0 atom stereocenters. The molecule has 0 bridgehead atoms. The van der Waals surface area contributed by atoms with Crippen molar-refractivity contribution in [2.45, 2.75) is 0 Å². The Morgan fingerprint density at radius 3 is 2.50 bits per heavy atom. The van der Waals surface area contributed by atoms with Crippen LogP contribution >= 0.6 is 11.6 Å². The van der Waals surface area contributed by atoms with Crippen LogP contribution in [0.1, 0.15) is 20.7 Å². The quantitative estimate of drug-likeness (QED) is 0.578. The van der Waals surface area contributed by atoms with Gasteiger partial charge >= 0.3 is 0 Å². The second-order valence-electron chi connectivity index (χ2n) is 3.79. The molecule has 0 spiro atoms. The number of carbonyl (C=O) groups is 2. The van der Waals surface area contributed by atoms with Gasteiger partial charge in [-0.05, 0) is 24.3 Å². The number of pyridine rings is 1. The van der Waals surface area contributed by atoms with Crippen LogP contribution < -0.4 is 10.9 Å². The molecule has 0 aliphatic heterocycles. The molecule has 2 rings (SSSR count). The zero-order valence-corrected chi connectivity index (χ0v) is 10.9. The van der Waals surface area contributed by atoms with Crippen LogP contribution in [0.5, 0.6) is 5.75 Å². The zero-order chi connectivity index (χ0) is 14.5. The van der Waals surface area contributed by atoms with E-state index in [4.69, 9.17) is 11.6 Å². The lowest BCUT2D eigenvalue weighted by atomic mass is 10.2. The highest BCUT2D eigenvalue weighted by Crippen LogP contribution is 2.14. The number of carbonyl (C=O) groups excluding carboxylic acids is 2. The number of hydrogen-bond donors (Lipinski definition) is 3. The van der Waals surface area contributed by atoms with Crippen molar-refractivity contribution in [1.29, 1.82) is 0 Å². The summed E-state index contributed by atoms with van der Waals surface area (Å²) in [5.41, 5.74) is 4.72. The minimum absolute atomic E-state index is 0.0561. The number of nitrogens with zero attached hydrogens (tertiary/aromatic N) is 1.